The Bertz CT molecular complexity index is 771. The second kappa shape index (κ2) is 9.84. The summed E-state index contributed by atoms with van der Waals surface area (Å²) >= 11 is 1.53. The van der Waals surface area contributed by atoms with Gasteiger partial charge in [-0.3, -0.25) is 9.69 Å². The van der Waals surface area contributed by atoms with Gasteiger partial charge in [-0.25, -0.2) is 9.59 Å². The van der Waals surface area contributed by atoms with E-state index in [1.165, 1.54) is 22.5 Å². The summed E-state index contributed by atoms with van der Waals surface area (Å²) in [7, 11) is 0. The minimum Gasteiger partial charge on any atom is -0.473 e. The number of carbonyl (C=O) groups excluding carboxylic acids is 1. The molecule has 7 nitrogen and oxygen atoms in total. The minimum atomic E-state index is -1.82. The van der Waals surface area contributed by atoms with Crippen molar-refractivity contribution >= 4 is 29.2 Å². The molecule has 1 aliphatic rings. The lowest BCUT2D eigenvalue weighted by molar-refractivity contribution is -0.159. The summed E-state index contributed by atoms with van der Waals surface area (Å²) < 4.78 is 0. The standard InChI is InChI=1S/C17H20N2OS.C2H2O4/c1-14-5-2-3-6-15(14)13-18-8-10-19(11-9-18)17(20)16-7-4-12-21-16;3-1(4)2(5)6/h2-7,12H,8-11,13H2,1H3;(H,3,4)(H,5,6). The predicted molar refractivity (Wildman–Crippen MR) is 102 cm³/mol. The number of carboxylic acid groups (broad SMARTS) is 2. The largest absolute Gasteiger partial charge is 0.473 e. The molecular weight excluding hydrogens is 368 g/mol. The molecule has 0 bridgehead atoms. The molecule has 1 aromatic carbocycles. The average Bonchev–Trinajstić information content (AvgIpc) is 3.19. The summed E-state index contributed by atoms with van der Waals surface area (Å²) in [5, 5.41) is 16.7. The van der Waals surface area contributed by atoms with Crippen LogP contribution in [0.5, 0.6) is 0 Å². The number of aryl methyl sites for hydroxylation is 1. The van der Waals surface area contributed by atoms with Crippen LogP contribution >= 0.6 is 11.3 Å². The zero-order chi connectivity index (χ0) is 19.8. The second-order valence-corrected chi connectivity index (χ2v) is 7.03. The molecule has 0 spiro atoms. The number of benzene rings is 1. The number of rotatable bonds is 3. The molecule has 2 aromatic rings. The van der Waals surface area contributed by atoms with Gasteiger partial charge >= 0.3 is 11.9 Å². The third-order valence-electron chi connectivity index (χ3n) is 4.23. The highest BCUT2D eigenvalue weighted by Crippen LogP contribution is 2.16. The van der Waals surface area contributed by atoms with Crippen molar-refractivity contribution < 1.29 is 24.6 Å². The van der Waals surface area contributed by atoms with Crippen molar-refractivity contribution in [1.82, 2.24) is 9.80 Å². The molecule has 2 N–H and O–H groups in total. The number of carbonyl (C=O) groups is 3. The number of nitrogens with zero attached hydrogens (tertiary/aromatic N) is 2. The molecule has 2 heterocycles. The highest BCUT2D eigenvalue weighted by atomic mass is 32.1. The maximum atomic E-state index is 12.3. The third kappa shape index (κ3) is 6.19. The molecule has 0 aliphatic carbocycles. The van der Waals surface area contributed by atoms with Gasteiger partial charge in [0.1, 0.15) is 0 Å². The van der Waals surface area contributed by atoms with Crippen molar-refractivity contribution in [3.63, 3.8) is 0 Å². The maximum absolute atomic E-state index is 12.3. The van der Waals surface area contributed by atoms with Crippen LogP contribution in [0.15, 0.2) is 41.8 Å². The van der Waals surface area contributed by atoms with Gasteiger partial charge in [0.15, 0.2) is 0 Å². The lowest BCUT2D eigenvalue weighted by atomic mass is 10.1. The van der Waals surface area contributed by atoms with E-state index in [4.69, 9.17) is 19.8 Å². The first kappa shape index (κ1) is 20.6. The van der Waals surface area contributed by atoms with Crippen molar-refractivity contribution in [2.75, 3.05) is 26.2 Å². The van der Waals surface area contributed by atoms with Gasteiger partial charge in [0.05, 0.1) is 4.88 Å². The highest BCUT2D eigenvalue weighted by molar-refractivity contribution is 7.12. The Morgan fingerprint density at radius 3 is 2.11 bits per heavy atom. The van der Waals surface area contributed by atoms with E-state index >= 15 is 0 Å². The fourth-order valence-electron chi connectivity index (χ4n) is 2.69. The number of thiophene rings is 1. The van der Waals surface area contributed by atoms with Crippen molar-refractivity contribution in [2.45, 2.75) is 13.5 Å². The van der Waals surface area contributed by atoms with Crippen LogP contribution in [0.25, 0.3) is 0 Å². The van der Waals surface area contributed by atoms with Gasteiger partial charge in [0, 0.05) is 32.7 Å². The van der Waals surface area contributed by atoms with Crippen LogP contribution in [0.3, 0.4) is 0 Å². The number of piperazine rings is 1. The minimum absolute atomic E-state index is 0.181. The van der Waals surface area contributed by atoms with Crippen molar-refractivity contribution in [3.05, 3.63) is 57.8 Å². The molecule has 1 fully saturated rings. The number of aliphatic carboxylic acids is 2. The average molecular weight is 390 g/mol. The van der Waals surface area contributed by atoms with E-state index in [9.17, 15) is 4.79 Å². The van der Waals surface area contributed by atoms with E-state index < -0.39 is 11.9 Å². The number of carboxylic acids is 2. The number of hydrogen-bond acceptors (Lipinski definition) is 5. The van der Waals surface area contributed by atoms with E-state index in [0.717, 1.165) is 37.6 Å². The molecule has 8 heteroatoms. The Labute approximate surface area is 161 Å². The van der Waals surface area contributed by atoms with Gasteiger partial charge in [-0.1, -0.05) is 30.3 Å². The molecule has 1 aromatic heterocycles. The van der Waals surface area contributed by atoms with Crippen LogP contribution in [0.4, 0.5) is 0 Å². The predicted octanol–water partition coefficient (Wildman–Crippen LogP) is 2.17. The van der Waals surface area contributed by atoms with Gasteiger partial charge in [-0.05, 0) is 29.5 Å². The molecule has 1 aliphatic heterocycles. The molecule has 144 valence electrons. The van der Waals surface area contributed by atoms with Gasteiger partial charge < -0.3 is 15.1 Å². The molecule has 0 atom stereocenters. The Kier molecular flexibility index (Phi) is 7.51. The van der Waals surface area contributed by atoms with Crippen molar-refractivity contribution in [2.24, 2.45) is 0 Å². The maximum Gasteiger partial charge on any atom is 0.414 e. The smallest absolute Gasteiger partial charge is 0.414 e. The van der Waals surface area contributed by atoms with Gasteiger partial charge in [-0.15, -0.1) is 11.3 Å². The van der Waals surface area contributed by atoms with Gasteiger partial charge in [0.2, 0.25) is 0 Å². The second-order valence-electron chi connectivity index (χ2n) is 6.08. The topological polar surface area (TPSA) is 98.2 Å². The normalized spacial score (nSPS) is 14.2. The quantitative estimate of drug-likeness (QED) is 0.780. The van der Waals surface area contributed by atoms with E-state index in [-0.39, 0.29) is 5.91 Å². The molecule has 27 heavy (non-hydrogen) atoms. The van der Waals surface area contributed by atoms with Crippen molar-refractivity contribution in [1.29, 1.82) is 0 Å². The van der Waals surface area contributed by atoms with Gasteiger partial charge in [0.25, 0.3) is 5.91 Å². The summed E-state index contributed by atoms with van der Waals surface area (Å²) in [5.74, 6) is -3.47. The van der Waals surface area contributed by atoms with Crippen LogP contribution in [0.2, 0.25) is 0 Å². The summed E-state index contributed by atoms with van der Waals surface area (Å²) in [5.41, 5.74) is 2.73. The molecule has 0 radical (unpaired) electrons. The fraction of sp³-hybridized carbons (Fsp3) is 0.316. The first-order chi connectivity index (χ1) is 12.9. The Morgan fingerprint density at radius 1 is 0.963 bits per heavy atom. The Morgan fingerprint density at radius 2 is 1.59 bits per heavy atom. The van der Waals surface area contributed by atoms with Gasteiger partial charge in [-0.2, -0.15) is 0 Å². The summed E-state index contributed by atoms with van der Waals surface area (Å²) in [6.07, 6.45) is 0. The summed E-state index contributed by atoms with van der Waals surface area (Å²) in [6, 6.07) is 12.4. The zero-order valence-corrected chi connectivity index (χ0v) is 15.8. The first-order valence-corrected chi connectivity index (χ1v) is 9.32. The first-order valence-electron chi connectivity index (χ1n) is 8.44. The highest BCUT2D eigenvalue weighted by Gasteiger charge is 2.22. The summed E-state index contributed by atoms with van der Waals surface area (Å²) in [4.78, 5) is 35.7. The Balaban J connectivity index is 0.000000380. The van der Waals surface area contributed by atoms with E-state index in [1.807, 2.05) is 22.4 Å². The van der Waals surface area contributed by atoms with Crippen LogP contribution in [-0.4, -0.2) is 64.0 Å². The van der Waals surface area contributed by atoms with E-state index in [1.54, 1.807) is 0 Å². The number of hydrogen-bond donors (Lipinski definition) is 2. The lowest BCUT2D eigenvalue weighted by Crippen LogP contribution is -2.48. The van der Waals surface area contributed by atoms with Crippen LogP contribution in [0.1, 0.15) is 20.8 Å². The third-order valence-corrected chi connectivity index (χ3v) is 5.09. The fourth-order valence-corrected chi connectivity index (χ4v) is 3.38. The molecule has 0 unspecified atom stereocenters. The van der Waals surface area contributed by atoms with E-state index in [2.05, 4.69) is 36.1 Å². The zero-order valence-electron chi connectivity index (χ0n) is 15.0. The summed E-state index contributed by atoms with van der Waals surface area (Å²) in [6.45, 7) is 6.68. The van der Waals surface area contributed by atoms with E-state index in [0.29, 0.717) is 0 Å². The van der Waals surface area contributed by atoms with Crippen LogP contribution < -0.4 is 0 Å². The molecule has 0 saturated carbocycles. The Hall–Kier alpha value is -2.71. The molecule has 3 rings (SSSR count). The molecule has 1 saturated heterocycles. The molecule has 1 amide bonds. The van der Waals surface area contributed by atoms with Crippen LogP contribution in [-0.2, 0) is 16.1 Å². The monoisotopic (exact) mass is 390 g/mol. The molecular formula is C19H22N2O5S. The number of amides is 1. The van der Waals surface area contributed by atoms with Crippen LogP contribution in [0, 0.1) is 6.92 Å². The SMILES string of the molecule is Cc1ccccc1CN1CCN(C(=O)c2cccs2)CC1.O=C(O)C(=O)O. The van der Waals surface area contributed by atoms with Crippen molar-refractivity contribution in [3.8, 4) is 0 Å². The lowest BCUT2D eigenvalue weighted by Gasteiger charge is -2.34.